The molecule has 0 aliphatic heterocycles. The normalized spacial score (nSPS) is 12.8. The molecule has 0 saturated heterocycles. The molecule has 2 N–H and O–H groups in total. The molecule has 0 saturated carbocycles. The molecule has 1 aromatic rings. The lowest BCUT2D eigenvalue weighted by Gasteiger charge is -2.05. The van der Waals surface area contributed by atoms with Gasteiger partial charge in [0, 0.05) is 27.2 Å². The van der Waals surface area contributed by atoms with Gasteiger partial charge in [-0.1, -0.05) is 5.16 Å². The Kier molecular flexibility index (Phi) is 8.31. The maximum atomic E-state index is 5.94. The Bertz CT molecular complexity index is 333. The van der Waals surface area contributed by atoms with Gasteiger partial charge < -0.3 is 24.5 Å². The van der Waals surface area contributed by atoms with Gasteiger partial charge in [0.25, 0.3) is 0 Å². The molecule has 0 aliphatic rings. The third-order valence-electron chi connectivity index (χ3n) is 2.57. The van der Waals surface area contributed by atoms with Gasteiger partial charge in [-0.3, -0.25) is 0 Å². The Labute approximate surface area is 113 Å². The third kappa shape index (κ3) is 6.63. The SMILES string of the molecule is COCCCC(N)c1nc(CCOCCOC)no1. The van der Waals surface area contributed by atoms with Crippen molar-refractivity contribution in [3.63, 3.8) is 0 Å². The van der Waals surface area contributed by atoms with Crippen molar-refractivity contribution in [1.82, 2.24) is 10.1 Å². The van der Waals surface area contributed by atoms with Crippen LogP contribution in [-0.4, -0.2) is 50.8 Å². The fraction of sp³-hybridized carbons (Fsp3) is 0.833. The van der Waals surface area contributed by atoms with E-state index >= 15 is 0 Å². The van der Waals surface area contributed by atoms with Crippen molar-refractivity contribution in [3.05, 3.63) is 11.7 Å². The van der Waals surface area contributed by atoms with Crippen molar-refractivity contribution in [2.75, 3.05) is 40.6 Å². The topological polar surface area (TPSA) is 92.6 Å². The first-order valence-corrected chi connectivity index (χ1v) is 6.41. The Morgan fingerprint density at radius 3 is 2.68 bits per heavy atom. The second-order valence-corrected chi connectivity index (χ2v) is 4.15. The molecule has 0 fully saturated rings. The fourth-order valence-electron chi connectivity index (χ4n) is 1.50. The summed E-state index contributed by atoms with van der Waals surface area (Å²) in [7, 11) is 3.31. The van der Waals surface area contributed by atoms with E-state index in [1.54, 1.807) is 14.2 Å². The summed E-state index contributed by atoms with van der Waals surface area (Å²) in [5.74, 6) is 1.10. The minimum Gasteiger partial charge on any atom is -0.385 e. The van der Waals surface area contributed by atoms with Gasteiger partial charge in [-0.15, -0.1) is 0 Å². The summed E-state index contributed by atoms with van der Waals surface area (Å²) < 4.78 is 20.3. The van der Waals surface area contributed by atoms with E-state index in [0.29, 0.717) is 44.6 Å². The molecule has 110 valence electrons. The van der Waals surface area contributed by atoms with E-state index in [4.69, 9.17) is 24.5 Å². The Hall–Kier alpha value is -1.02. The van der Waals surface area contributed by atoms with Crippen LogP contribution in [0.25, 0.3) is 0 Å². The summed E-state index contributed by atoms with van der Waals surface area (Å²) in [6.07, 6.45) is 2.24. The highest BCUT2D eigenvalue weighted by molar-refractivity contribution is 4.91. The Morgan fingerprint density at radius 2 is 1.95 bits per heavy atom. The highest BCUT2D eigenvalue weighted by Gasteiger charge is 2.14. The summed E-state index contributed by atoms with van der Waals surface area (Å²) in [4.78, 5) is 4.25. The van der Waals surface area contributed by atoms with Crippen LogP contribution in [0.5, 0.6) is 0 Å². The van der Waals surface area contributed by atoms with Crippen molar-refractivity contribution in [2.45, 2.75) is 25.3 Å². The van der Waals surface area contributed by atoms with Crippen molar-refractivity contribution in [2.24, 2.45) is 5.73 Å². The number of nitrogens with zero attached hydrogens (tertiary/aromatic N) is 2. The third-order valence-corrected chi connectivity index (χ3v) is 2.57. The number of ether oxygens (including phenoxy) is 3. The summed E-state index contributed by atoms with van der Waals surface area (Å²) in [6, 6.07) is -0.231. The van der Waals surface area contributed by atoms with Crippen molar-refractivity contribution in [3.8, 4) is 0 Å². The number of hydrogen-bond acceptors (Lipinski definition) is 7. The predicted octanol–water partition coefficient (Wildman–Crippen LogP) is 0.702. The number of nitrogens with two attached hydrogens (primary N) is 1. The minimum absolute atomic E-state index is 0.231. The zero-order chi connectivity index (χ0) is 13.9. The van der Waals surface area contributed by atoms with E-state index in [2.05, 4.69) is 10.1 Å². The van der Waals surface area contributed by atoms with Gasteiger partial charge in [0.1, 0.15) is 0 Å². The van der Waals surface area contributed by atoms with Crippen molar-refractivity contribution < 1.29 is 18.7 Å². The molecule has 0 aromatic carbocycles. The second kappa shape index (κ2) is 9.85. The van der Waals surface area contributed by atoms with Gasteiger partial charge in [0.2, 0.25) is 5.89 Å². The van der Waals surface area contributed by atoms with Crippen molar-refractivity contribution in [1.29, 1.82) is 0 Å². The van der Waals surface area contributed by atoms with Crippen LogP contribution >= 0.6 is 0 Å². The molecule has 1 unspecified atom stereocenters. The molecule has 0 bridgehead atoms. The number of hydrogen-bond donors (Lipinski definition) is 1. The zero-order valence-corrected chi connectivity index (χ0v) is 11.6. The maximum Gasteiger partial charge on any atom is 0.243 e. The average Bonchev–Trinajstić information content (AvgIpc) is 2.87. The highest BCUT2D eigenvalue weighted by Crippen LogP contribution is 2.13. The molecule has 1 aromatic heterocycles. The van der Waals surface area contributed by atoms with Crippen LogP contribution in [0.3, 0.4) is 0 Å². The van der Waals surface area contributed by atoms with Gasteiger partial charge in [-0.25, -0.2) is 0 Å². The van der Waals surface area contributed by atoms with Crippen LogP contribution in [0.15, 0.2) is 4.52 Å². The van der Waals surface area contributed by atoms with E-state index in [0.717, 1.165) is 12.8 Å². The Balaban J connectivity index is 2.23. The molecule has 7 nitrogen and oxygen atoms in total. The average molecular weight is 273 g/mol. The number of methoxy groups -OCH3 is 2. The zero-order valence-electron chi connectivity index (χ0n) is 11.6. The standard InChI is InChI=1S/C12H23N3O4/c1-16-6-3-4-10(13)12-14-11(15-19-12)5-7-18-9-8-17-2/h10H,3-9,13H2,1-2H3. The fourth-order valence-corrected chi connectivity index (χ4v) is 1.50. The van der Waals surface area contributed by atoms with Crippen LogP contribution in [0.1, 0.15) is 30.6 Å². The van der Waals surface area contributed by atoms with Crippen molar-refractivity contribution >= 4 is 0 Å². The first-order valence-electron chi connectivity index (χ1n) is 6.41. The van der Waals surface area contributed by atoms with Gasteiger partial charge in [-0.05, 0) is 12.8 Å². The minimum atomic E-state index is -0.231. The molecule has 1 atom stereocenters. The lowest BCUT2D eigenvalue weighted by molar-refractivity contribution is 0.0714. The van der Waals surface area contributed by atoms with E-state index in [9.17, 15) is 0 Å². The van der Waals surface area contributed by atoms with E-state index in [1.165, 1.54) is 0 Å². The molecule has 7 heteroatoms. The predicted molar refractivity (Wildman–Crippen MR) is 68.7 cm³/mol. The molecule has 0 spiro atoms. The van der Waals surface area contributed by atoms with E-state index in [1.807, 2.05) is 0 Å². The van der Waals surface area contributed by atoms with E-state index in [-0.39, 0.29) is 6.04 Å². The van der Waals surface area contributed by atoms with Gasteiger partial charge >= 0.3 is 0 Å². The van der Waals surface area contributed by atoms with Gasteiger partial charge in [0.05, 0.1) is 25.9 Å². The van der Waals surface area contributed by atoms with Crippen LogP contribution < -0.4 is 5.73 Å². The number of aromatic nitrogens is 2. The van der Waals surface area contributed by atoms with Gasteiger partial charge in [-0.2, -0.15) is 4.98 Å². The molecule has 0 aliphatic carbocycles. The molecule has 0 radical (unpaired) electrons. The first kappa shape index (κ1) is 16.0. The highest BCUT2D eigenvalue weighted by atomic mass is 16.5. The molecule has 19 heavy (non-hydrogen) atoms. The maximum absolute atomic E-state index is 5.94. The van der Waals surface area contributed by atoms with Crippen LogP contribution in [0.4, 0.5) is 0 Å². The molecule has 1 rings (SSSR count). The first-order chi connectivity index (χ1) is 9.27. The van der Waals surface area contributed by atoms with Gasteiger partial charge in [0.15, 0.2) is 5.82 Å². The van der Waals surface area contributed by atoms with Crippen LogP contribution in [0.2, 0.25) is 0 Å². The Morgan fingerprint density at radius 1 is 1.16 bits per heavy atom. The largest absolute Gasteiger partial charge is 0.385 e. The molecule has 1 heterocycles. The van der Waals surface area contributed by atoms with Crippen LogP contribution in [-0.2, 0) is 20.6 Å². The lowest BCUT2D eigenvalue weighted by Crippen LogP contribution is -2.12. The smallest absolute Gasteiger partial charge is 0.243 e. The summed E-state index contributed by atoms with van der Waals surface area (Å²) in [5.41, 5.74) is 5.94. The summed E-state index contributed by atoms with van der Waals surface area (Å²) in [5, 5.41) is 3.87. The van der Waals surface area contributed by atoms with E-state index < -0.39 is 0 Å². The summed E-state index contributed by atoms with van der Waals surface area (Å²) >= 11 is 0. The van der Waals surface area contributed by atoms with Crippen LogP contribution in [0, 0.1) is 0 Å². The quantitative estimate of drug-likeness (QED) is 0.593. The molecule has 0 amide bonds. The summed E-state index contributed by atoms with van der Waals surface area (Å²) in [6.45, 7) is 2.38. The molecular formula is C12H23N3O4. The molecular weight excluding hydrogens is 250 g/mol. The monoisotopic (exact) mass is 273 g/mol. The lowest BCUT2D eigenvalue weighted by atomic mass is 10.2. The second-order valence-electron chi connectivity index (χ2n) is 4.15. The number of rotatable bonds is 11.